The average molecular weight is 185 g/mol. The number of H-pyrrole nitrogens is 1. The van der Waals surface area contributed by atoms with Crippen LogP contribution in [0.3, 0.4) is 0 Å². The molecular formula is C10H7N3O. The van der Waals surface area contributed by atoms with Crippen LogP contribution < -0.4 is 4.74 Å². The molecule has 4 nitrogen and oxygen atoms in total. The number of nitrogens with one attached hydrogen (secondary N) is 1. The number of fused-ring (bicyclic) bond motifs is 2. The Morgan fingerprint density at radius 2 is 2.14 bits per heavy atom. The van der Waals surface area contributed by atoms with E-state index in [1.165, 1.54) is 0 Å². The molecule has 14 heavy (non-hydrogen) atoms. The van der Waals surface area contributed by atoms with E-state index < -0.39 is 0 Å². The molecule has 0 radical (unpaired) electrons. The van der Waals surface area contributed by atoms with Crippen LogP contribution in [0.2, 0.25) is 0 Å². The Morgan fingerprint density at radius 1 is 1.21 bits per heavy atom. The second-order valence-corrected chi connectivity index (χ2v) is 2.98. The van der Waals surface area contributed by atoms with Crippen LogP contribution in [0.1, 0.15) is 5.56 Å². The molecule has 1 aliphatic heterocycles. The zero-order chi connectivity index (χ0) is 9.38. The predicted octanol–water partition coefficient (Wildman–Crippen LogP) is 2.27. The molecule has 1 N–H and O–H groups in total. The zero-order valence-corrected chi connectivity index (χ0v) is 7.27. The van der Waals surface area contributed by atoms with E-state index in [1.807, 2.05) is 24.3 Å². The molecule has 1 aliphatic rings. The first-order valence-electron chi connectivity index (χ1n) is 4.28. The van der Waals surface area contributed by atoms with Crippen molar-refractivity contribution < 1.29 is 4.74 Å². The van der Waals surface area contributed by atoms with Gasteiger partial charge in [-0.25, -0.2) is 5.10 Å². The van der Waals surface area contributed by atoms with Crippen molar-refractivity contribution in [2.45, 2.75) is 0 Å². The Kier molecular flexibility index (Phi) is 1.41. The van der Waals surface area contributed by atoms with Crippen LogP contribution >= 0.6 is 0 Å². The normalized spacial score (nSPS) is 12.6. The Balaban J connectivity index is 2.19. The first-order chi connectivity index (χ1) is 6.93. The van der Waals surface area contributed by atoms with Gasteiger partial charge >= 0.3 is 0 Å². The second-order valence-electron chi connectivity index (χ2n) is 2.98. The molecule has 68 valence electrons. The van der Waals surface area contributed by atoms with Gasteiger partial charge in [0.15, 0.2) is 5.75 Å². The fourth-order valence-corrected chi connectivity index (χ4v) is 1.36. The minimum atomic E-state index is 0.638. The van der Waals surface area contributed by atoms with Gasteiger partial charge in [0, 0.05) is 6.21 Å². The van der Waals surface area contributed by atoms with Gasteiger partial charge in [0.2, 0.25) is 5.88 Å². The molecule has 0 amide bonds. The number of benzene rings is 1. The molecule has 2 aromatic rings. The van der Waals surface area contributed by atoms with E-state index in [0.29, 0.717) is 5.88 Å². The number of aromatic nitrogens is 2. The van der Waals surface area contributed by atoms with Gasteiger partial charge in [-0.15, -0.1) is 0 Å². The van der Waals surface area contributed by atoms with E-state index in [-0.39, 0.29) is 0 Å². The van der Waals surface area contributed by atoms with Crippen LogP contribution in [-0.2, 0) is 0 Å². The number of ether oxygens (including phenoxy) is 1. The number of rotatable bonds is 0. The van der Waals surface area contributed by atoms with Crippen LogP contribution in [0.5, 0.6) is 11.6 Å². The lowest BCUT2D eigenvalue weighted by atomic mass is 10.3. The molecule has 0 atom stereocenters. The summed E-state index contributed by atoms with van der Waals surface area (Å²) in [6.07, 6.45) is 3.43. The van der Waals surface area contributed by atoms with Crippen molar-refractivity contribution in [3.63, 3.8) is 0 Å². The topological polar surface area (TPSA) is 50.3 Å². The molecule has 1 aromatic heterocycles. The highest BCUT2D eigenvalue weighted by molar-refractivity contribution is 5.86. The van der Waals surface area contributed by atoms with Crippen LogP contribution in [0.25, 0.3) is 0 Å². The van der Waals surface area contributed by atoms with Crippen molar-refractivity contribution in [3.8, 4) is 11.6 Å². The summed E-state index contributed by atoms with van der Waals surface area (Å²) in [5.74, 6) is 1.38. The molecule has 0 saturated heterocycles. The first-order valence-corrected chi connectivity index (χ1v) is 4.28. The summed E-state index contributed by atoms with van der Waals surface area (Å²) in [5.41, 5.74) is 1.69. The highest BCUT2D eigenvalue weighted by atomic mass is 16.5. The standard InChI is InChI=1S/C10H7N3O/c1-2-4-9-8(3-1)11-5-7-6-12-13-10(7)14-9/h1-6H,(H,12,13). The minimum absolute atomic E-state index is 0.638. The molecule has 0 bridgehead atoms. The SMILES string of the molecule is C1=Nc2ccccc2Oc2[nH]ncc21. The number of hydrogen-bond donors (Lipinski definition) is 1. The fourth-order valence-electron chi connectivity index (χ4n) is 1.36. The fraction of sp³-hybridized carbons (Fsp3) is 0. The molecule has 4 heteroatoms. The second kappa shape index (κ2) is 2.70. The van der Waals surface area contributed by atoms with Crippen molar-refractivity contribution in [3.05, 3.63) is 36.0 Å². The van der Waals surface area contributed by atoms with Gasteiger partial charge in [-0.05, 0) is 12.1 Å². The Labute approximate surface area is 80.3 Å². The summed E-state index contributed by atoms with van der Waals surface area (Å²) in [6, 6.07) is 7.63. The van der Waals surface area contributed by atoms with Gasteiger partial charge in [0.05, 0.1) is 11.8 Å². The van der Waals surface area contributed by atoms with E-state index in [1.54, 1.807) is 12.4 Å². The number of nitrogens with zero attached hydrogens (tertiary/aromatic N) is 2. The molecule has 0 saturated carbocycles. The van der Waals surface area contributed by atoms with Crippen molar-refractivity contribution in [1.29, 1.82) is 0 Å². The molecule has 0 unspecified atom stereocenters. The predicted molar refractivity (Wildman–Crippen MR) is 52.4 cm³/mol. The van der Waals surface area contributed by atoms with Gasteiger partial charge < -0.3 is 4.74 Å². The van der Waals surface area contributed by atoms with Gasteiger partial charge in [-0.3, -0.25) is 4.99 Å². The van der Waals surface area contributed by atoms with Gasteiger partial charge in [-0.1, -0.05) is 12.1 Å². The quantitative estimate of drug-likeness (QED) is 0.584. The third kappa shape index (κ3) is 1.01. The summed E-state index contributed by atoms with van der Waals surface area (Å²) in [5, 5.41) is 6.65. The monoisotopic (exact) mass is 185 g/mol. The Morgan fingerprint density at radius 3 is 3.14 bits per heavy atom. The van der Waals surface area contributed by atoms with E-state index in [9.17, 15) is 0 Å². The molecule has 0 spiro atoms. The van der Waals surface area contributed by atoms with E-state index >= 15 is 0 Å². The largest absolute Gasteiger partial charge is 0.437 e. The van der Waals surface area contributed by atoms with E-state index in [2.05, 4.69) is 15.2 Å². The van der Waals surface area contributed by atoms with Gasteiger partial charge in [-0.2, -0.15) is 5.10 Å². The smallest absolute Gasteiger partial charge is 0.224 e. The number of aliphatic imine (C=N–C) groups is 1. The van der Waals surface area contributed by atoms with Gasteiger partial charge in [0.1, 0.15) is 5.69 Å². The molecule has 0 aliphatic carbocycles. The lowest BCUT2D eigenvalue weighted by Gasteiger charge is -2.03. The van der Waals surface area contributed by atoms with Crippen molar-refractivity contribution >= 4 is 11.9 Å². The Hall–Kier alpha value is -2.10. The maximum atomic E-state index is 5.60. The summed E-state index contributed by atoms with van der Waals surface area (Å²) in [6.45, 7) is 0. The highest BCUT2D eigenvalue weighted by Crippen LogP contribution is 2.33. The van der Waals surface area contributed by atoms with E-state index in [0.717, 1.165) is 17.0 Å². The van der Waals surface area contributed by atoms with Gasteiger partial charge in [0.25, 0.3) is 0 Å². The van der Waals surface area contributed by atoms with Crippen LogP contribution in [0.15, 0.2) is 35.5 Å². The summed E-state index contributed by atoms with van der Waals surface area (Å²) < 4.78 is 5.60. The lowest BCUT2D eigenvalue weighted by molar-refractivity contribution is 0.463. The summed E-state index contributed by atoms with van der Waals surface area (Å²) >= 11 is 0. The lowest BCUT2D eigenvalue weighted by Crippen LogP contribution is -1.85. The Bertz CT molecular complexity index is 502. The molecule has 0 fully saturated rings. The number of aromatic amines is 1. The molecule has 1 aromatic carbocycles. The van der Waals surface area contributed by atoms with Crippen molar-refractivity contribution in [2.75, 3.05) is 0 Å². The van der Waals surface area contributed by atoms with Crippen LogP contribution in [0.4, 0.5) is 5.69 Å². The third-order valence-corrected chi connectivity index (χ3v) is 2.05. The maximum absolute atomic E-state index is 5.60. The molecule has 2 heterocycles. The minimum Gasteiger partial charge on any atom is -0.437 e. The zero-order valence-electron chi connectivity index (χ0n) is 7.27. The summed E-state index contributed by atoms with van der Waals surface area (Å²) in [7, 11) is 0. The van der Waals surface area contributed by atoms with Crippen molar-refractivity contribution in [1.82, 2.24) is 10.2 Å². The van der Waals surface area contributed by atoms with Crippen LogP contribution in [-0.4, -0.2) is 16.4 Å². The maximum Gasteiger partial charge on any atom is 0.224 e. The third-order valence-electron chi connectivity index (χ3n) is 2.05. The van der Waals surface area contributed by atoms with E-state index in [4.69, 9.17) is 4.74 Å². The molecular weight excluding hydrogens is 178 g/mol. The van der Waals surface area contributed by atoms with Crippen LogP contribution in [0, 0.1) is 0 Å². The average Bonchev–Trinajstić information content (AvgIpc) is 2.58. The number of hydrogen-bond acceptors (Lipinski definition) is 3. The molecule has 3 rings (SSSR count). The van der Waals surface area contributed by atoms with Crippen molar-refractivity contribution in [2.24, 2.45) is 4.99 Å². The summed E-state index contributed by atoms with van der Waals surface area (Å²) in [4.78, 5) is 4.29. The number of para-hydroxylation sites is 2. The first kappa shape index (κ1) is 7.32. The highest BCUT2D eigenvalue weighted by Gasteiger charge is 2.11.